The largest absolute Gasteiger partial charge is 0.497 e. The van der Waals surface area contributed by atoms with E-state index in [0.29, 0.717) is 23.4 Å². The second-order valence-electron chi connectivity index (χ2n) is 5.57. The molecule has 0 aliphatic rings. The smallest absolute Gasteiger partial charge is 0.257 e. The van der Waals surface area contributed by atoms with E-state index in [1.165, 1.54) is 11.8 Å². The van der Waals surface area contributed by atoms with Crippen molar-refractivity contribution < 1.29 is 9.26 Å². The molecule has 0 amide bonds. The third-order valence-corrected chi connectivity index (χ3v) is 4.13. The van der Waals surface area contributed by atoms with Gasteiger partial charge in [0.05, 0.1) is 12.9 Å². The van der Waals surface area contributed by atoms with E-state index in [9.17, 15) is 0 Å². The minimum Gasteiger partial charge on any atom is -0.497 e. The van der Waals surface area contributed by atoms with Crippen molar-refractivity contribution in [2.75, 3.05) is 7.11 Å². The number of rotatable bonds is 7. The normalized spacial score (nSPS) is 11.2. The van der Waals surface area contributed by atoms with Gasteiger partial charge in [0.15, 0.2) is 5.82 Å². The van der Waals surface area contributed by atoms with Gasteiger partial charge in [-0.1, -0.05) is 30.8 Å². The van der Waals surface area contributed by atoms with Crippen LogP contribution in [0, 0.1) is 5.92 Å². The van der Waals surface area contributed by atoms with Gasteiger partial charge < -0.3 is 9.26 Å². The topological polar surface area (TPSA) is 91.8 Å². The van der Waals surface area contributed by atoms with Gasteiger partial charge in [-0.25, -0.2) is 4.68 Å². The summed E-state index contributed by atoms with van der Waals surface area (Å²) in [4.78, 5) is 4.41. The summed E-state index contributed by atoms with van der Waals surface area (Å²) in [6, 6.07) is 7.47. The first-order valence-electron chi connectivity index (χ1n) is 7.51. The average Bonchev–Trinajstić information content (AvgIpc) is 3.22. The number of thioether (sulfide) groups is 1. The molecule has 0 aliphatic carbocycles. The number of tetrazole rings is 1. The predicted molar refractivity (Wildman–Crippen MR) is 88.5 cm³/mol. The molecule has 3 rings (SSSR count). The molecule has 9 heteroatoms. The fourth-order valence-electron chi connectivity index (χ4n) is 2.05. The maximum absolute atomic E-state index is 5.32. The van der Waals surface area contributed by atoms with Crippen molar-refractivity contribution in [2.24, 2.45) is 5.92 Å². The van der Waals surface area contributed by atoms with Crippen molar-refractivity contribution in [2.45, 2.75) is 31.3 Å². The molecular weight excluding hydrogens is 328 g/mol. The van der Waals surface area contributed by atoms with Crippen molar-refractivity contribution in [1.82, 2.24) is 30.3 Å². The summed E-state index contributed by atoms with van der Waals surface area (Å²) in [6.45, 7) is 5.02. The molecule has 0 N–H and O–H groups in total. The van der Waals surface area contributed by atoms with E-state index in [1.807, 2.05) is 24.3 Å². The number of benzene rings is 1. The lowest BCUT2D eigenvalue weighted by atomic mass is 10.2. The van der Waals surface area contributed by atoms with Crippen molar-refractivity contribution >= 4 is 11.8 Å². The molecule has 0 unspecified atom stereocenters. The summed E-state index contributed by atoms with van der Waals surface area (Å²) in [5, 5.41) is 16.5. The fraction of sp³-hybridized carbons (Fsp3) is 0.400. The quantitative estimate of drug-likeness (QED) is 0.603. The highest BCUT2D eigenvalue weighted by Gasteiger charge is 2.13. The Kier molecular flexibility index (Phi) is 5.09. The second-order valence-corrected chi connectivity index (χ2v) is 6.51. The van der Waals surface area contributed by atoms with Crippen LogP contribution >= 0.6 is 11.8 Å². The van der Waals surface area contributed by atoms with Gasteiger partial charge in [0.25, 0.3) is 5.89 Å². The molecule has 0 aliphatic heterocycles. The number of methoxy groups -OCH3 is 1. The van der Waals surface area contributed by atoms with E-state index in [0.717, 1.165) is 23.0 Å². The van der Waals surface area contributed by atoms with Crippen molar-refractivity contribution in [1.29, 1.82) is 0 Å². The summed E-state index contributed by atoms with van der Waals surface area (Å²) < 4.78 is 12.2. The maximum atomic E-state index is 5.32. The third kappa shape index (κ3) is 3.91. The molecule has 3 aromatic rings. The number of ether oxygens (including phenoxy) is 1. The highest BCUT2D eigenvalue weighted by atomic mass is 32.2. The SMILES string of the molecule is COc1ccc(-c2nc(CSc3nnnn3CC(C)C)no2)cc1. The number of hydrogen-bond donors (Lipinski definition) is 0. The number of nitrogens with zero attached hydrogens (tertiary/aromatic N) is 6. The van der Waals surface area contributed by atoms with E-state index in [1.54, 1.807) is 11.8 Å². The molecule has 24 heavy (non-hydrogen) atoms. The molecule has 2 aromatic heterocycles. The molecule has 126 valence electrons. The van der Waals surface area contributed by atoms with Gasteiger partial charge in [-0.15, -0.1) is 5.10 Å². The zero-order chi connectivity index (χ0) is 16.9. The van der Waals surface area contributed by atoms with Crippen LogP contribution in [-0.2, 0) is 12.3 Å². The summed E-state index contributed by atoms with van der Waals surface area (Å²) in [7, 11) is 1.63. The Morgan fingerprint density at radius 1 is 1.25 bits per heavy atom. The first-order chi connectivity index (χ1) is 11.7. The Bertz CT molecular complexity index is 783. The lowest BCUT2D eigenvalue weighted by molar-refractivity contribution is 0.414. The lowest BCUT2D eigenvalue weighted by Gasteiger charge is -2.05. The van der Waals surface area contributed by atoms with Gasteiger partial charge in [-0.05, 0) is 40.6 Å². The zero-order valence-electron chi connectivity index (χ0n) is 13.7. The number of aromatic nitrogens is 6. The highest BCUT2D eigenvalue weighted by molar-refractivity contribution is 7.98. The van der Waals surface area contributed by atoms with Gasteiger partial charge in [-0.3, -0.25) is 0 Å². The Labute approximate surface area is 143 Å². The van der Waals surface area contributed by atoms with E-state index in [4.69, 9.17) is 9.26 Å². The van der Waals surface area contributed by atoms with Crippen molar-refractivity contribution in [3.05, 3.63) is 30.1 Å². The summed E-state index contributed by atoms with van der Waals surface area (Å²) in [6.07, 6.45) is 0. The van der Waals surface area contributed by atoms with Gasteiger partial charge in [0.1, 0.15) is 5.75 Å². The van der Waals surface area contributed by atoms with E-state index < -0.39 is 0 Å². The van der Waals surface area contributed by atoms with Crippen LogP contribution in [-0.4, -0.2) is 37.5 Å². The first kappa shape index (κ1) is 16.4. The summed E-state index contributed by atoms with van der Waals surface area (Å²) in [5.41, 5.74) is 0.851. The number of hydrogen-bond acceptors (Lipinski definition) is 8. The average molecular weight is 346 g/mol. The van der Waals surface area contributed by atoms with Gasteiger partial charge in [-0.2, -0.15) is 4.98 Å². The molecule has 2 heterocycles. The van der Waals surface area contributed by atoms with Gasteiger partial charge in [0, 0.05) is 12.1 Å². The van der Waals surface area contributed by atoms with Gasteiger partial charge in [0.2, 0.25) is 5.16 Å². The minimum absolute atomic E-state index is 0.472. The third-order valence-electron chi connectivity index (χ3n) is 3.17. The van der Waals surface area contributed by atoms with E-state index in [2.05, 4.69) is 39.5 Å². The maximum Gasteiger partial charge on any atom is 0.257 e. The molecule has 8 nitrogen and oxygen atoms in total. The lowest BCUT2D eigenvalue weighted by Crippen LogP contribution is -2.07. The Balaban J connectivity index is 1.65. The molecule has 0 fully saturated rings. The van der Waals surface area contributed by atoms with Crippen LogP contribution in [0.25, 0.3) is 11.5 Å². The first-order valence-corrected chi connectivity index (χ1v) is 8.50. The highest BCUT2D eigenvalue weighted by Crippen LogP contribution is 2.23. The van der Waals surface area contributed by atoms with Crippen molar-refractivity contribution in [3.8, 4) is 17.2 Å². The fourth-order valence-corrected chi connectivity index (χ4v) is 2.78. The van der Waals surface area contributed by atoms with E-state index >= 15 is 0 Å². The molecule has 0 spiro atoms. The van der Waals surface area contributed by atoms with Gasteiger partial charge >= 0.3 is 0 Å². The molecule has 0 bridgehead atoms. The Hall–Kier alpha value is -2.42. The molecule has 0 saturated carbocycles. The van der Waals surface area contributed by atoms with Crippen LogP contribution < -0.4 is 4.74 Å². The molecule has 0 saturated heterocycles. The predicted octanol–water partition coefficient (Wildman–Crippen LogP) is 2.68. The summed E-state index contributed by atoms with van der Waals surface area (Å²) >= 11 is 1.49. The van der Waals surface area contributed by atoms with E-state index in [-0.39, 0.29) is 0 Å². The molecule has 0 atom stereocenters. The molecule has 0 radical (unpaired) electrons. The second kappa shape index (κ2) is 7.43. The van der Waals surface area contributed by atoms with Crippen LogP contribution in [0.15, 0.2) is 33.9 Å². The zero-order valence-corrected chi connectivity index (χ0v) is 14.5. The molecule has 1 aromatic carbocycles. The Morgan fingerprint density at radius 2 is 2.04 bits per heavy atom. The monoisotopic (exact) mass is 346 g/mol. The minimum atomic E-state index is 0.472. The Morgan fingerprint density at radius 3 is 2.75 bits per heavy atom. The van der Waals surface area contributed by atoms with Crippen LogP contribution in [0.5, 0.6) is 5.75 Å². The van der Waals surface area contributed by atoms with Crippen LogP contribution in [0.2, 0.25) is 0 Å². The van der Waals surface area contributed by atoms with Crippen LogP contribution in [0.3, 0.4) is 0 Å². The van der Waals surface area contributed by atoms with Crippen LogP contribution in [0.1, 0.15) is 19.7 Å². The van der Waals surface area contributed by atoms with Crippen molar-refractivity contribution in [3.63, 3.8) is 0 Å². The van der Waals surface area contributed by atoms with Crippen LogP contribution in [0.4, 0.5) is 0 Å². The molecular formula is C15H18N6O2S. The summed E-state index contributed by atoms with van der Waals surface area (Å²) in [5.74, 6) is 2.88. The standard InChI is InChI=1S/C15H18N6O2S/c1-10(2)8-21-15(17-19-20-21)24-9-13-16-14(23-18-13)11-4-6-12(22-3)7-5-11/h4-7,10H,8-9H2,1-3H3.